The molecular formula is C80H103BF6O5P2. The van der Waals surface area contributed by atoms with Crippen molar-refractivity contribution in [1.82, 2.24) is 0 Å². The standard InChI is InChI=1S/C80H103BF6O5P2/c82-79(83,84)74-65-75(80(85,86)87)67-76(66-74)90-81(91-93-88-63-47-25-21-17-13-9-5-1-3-7-11-15-19-23-45-61-77(68-49-33-27-34-50-68,69-51-35-28-36-52-69)70-53-37-29-38-54-70)92-94-89-64-48-26-22-18-14-10-6-2-4-8-12-16-20-24-46-62-78(71-55-39-30-40-56-71,72-57-41-31-42-58-72)73-59-43-32-44-60-73/h27-44,49-60,65-67,93-94H,1-26,45-48,61-64H2. The first-order valence-corrected chi connectivity index (χ1v) is 37.0. The Kier molecular flexibility index (Phi) is 35.4. The van der Waals surface area contributed by atoms with E-state index in [1.807, 2.05) is 0 Å². The molecule has 0 aliphatic rings. The minimum atomic E-state index is -5.03. The molecule has 7 rings (SSSR count). The Morgan fingerprint density at radius 3 is 0.691 bits per heavy atom. The predicted molar refractivity (Wildman–Crippen MR) is 380 cm³/mol. The Hall–Kier alpha value is -5.32. The van der Waals surface area contributed by atoms with Crippen molar-refractivity contribution in [2.24, 2.45) is 0 Å². The molecule has 0 saturated carbocycles. The molecule has 0 saturated heterocycles. The highest BCUT2D eigenvalue weighted by Crippen LogP contribution is 2.46. The van der Waals surface area contributed by atoms with Crippen LogP contribution < -0.4 is 4.65 Å². The first kappa shape index (κ1) is 76.1. The second kappa shape index (κ2) is 43.8. The molecule has 0 aromatic heterocycles. The largest absolute Gasteiger partial charge is 0.722 e. The van der Waals surface area contributed by atoms with Gasteiger partial charge in [-0.1, -0.05) is 362 Å². The fraction of sp³-hybridized carbons (Fsp3) is 0.475. The van der Waals surface area contributed by atoms with Crippen molar-refractivity contribution in [2.45, 2.75) is 229 Å². The number of hydrogen-bond acceptors (Lipinski definition) is 5. The molecule has 0 fully saturated rings. The van der Waals surface area contributed by atoms with E-state index in [-0.39, 0.29) is 16.9 Å². The average Bonchev–Trinajstić information content (AvgIpc) is 0.777. The lowest BCUT2D eigenvalue weighted by Crippen LogP contribution is -2.29. The van der Waals surface area contributed by atoms with Crippen LogP contribution in [0.2, 0.25) is 0 Å². The van der Waals surface area contributed by atoms with Gasteiger partial charge >= 0.3 is 19.7 Å². The number of alkyl halides is 6. The molecule has 0 amide bonds. The lowest BCUT2D eigenvalue weighted by Gasteiger charge is -2.36. The van der Waals surface area contributed by atoms with Gasteiger partial charge in [0.2, 0.25) is 0 Å². The minimum absolute atomic E-state index is 0.0556. The van der Waals surface area contributed by atoms with Crippen molar-refractivity contribution in [3.8, 4) is 5.75 Å². The topological polar surface area (TPSA) is 46.2 Å². The zero-order valence-corrected chi connectivity index (χ0v) is 57.5. The third-order valence-corrected chi connectivity index (χ3v) is 19.6. The van der Waals surface area contributed by atoms with Crippen LogP contribution in [0.1, 0.15) is 250 Å². The molecule has 0 bridgehead atoms. The Bertz CT molecular complexity index is 2630. The normalized spacial score (nSPS) is 12.4. The van der Waals surface area contributed by atoms with Crippen molar-refractivity contribution in [2.75, 3.05) is 13.2 Å². The van der Waals surface area contributed by atoms with Crippen molar-refractivity contribution in [3.63, 3.8) is 0 Å². The number of hydrogen-bond donors (Lipinski definition) is 0. The summed E-state index contributed by atoms with van der Waals surface area (Å²) < 4.78 is 110. The lowest BCUT2D eigenvalue weighted by atomic mass is 9.66. The SMILES string of the molecule is FC(F)(F)c1cc(OB(OPOCCCCCCCCCCCCCCCCCC(c2ccccc2)(c2ccccc2)c2ccccc2)OPOCCCCCCCCCCCCCCCCCC(c2ccccc2)(c2ccccc2)c2ccccc2)cc(C(F)(F)F)c1. The average molecular weight is 1330 g/mol. The number of rotatable bonds is 50. The second-order valence-electron chi connectivity index (χ2n) is 25.4. The van der Waals surface area contributed by atoms with E-state index in [2.05, 4.69) is 182 Å². The van der Waals surface area contributed by atoms with Gasteiger partial charge in [0.05, 0.1) is 24.3 Å². The fourth-order valence-electron chi connectivity index (χ4n) is 13.3. The lowest BCUT2D eigenvalue weighted by molar-refractivity contribution is -0.143. The molecule has 0 aliphatic carbocycles. The molecule has 5 nitrogen and oxygen atoms in total. The molecule has 2 atom stereocenters. The first-order valence-electron chi connectivity index (χ1n) is 35.3. The van der Waals surface area contributed by atoms with E-state index in [1.54, 1.807) is 0 Å². The third kappa shape index (κ3) is 26.6. The number of halogens is 6. The highest BCUT2D eigenvalue weighted by atomic mass is 31.1. The summed E-state index contributed by atoms with van der Waals surface area (Å²) in [6.45, 7) is 0.762. The van der Waals surface area contributed by atoms with Gasteiger partial charge < -0.3 is 22.6 Å². The van der Waals surface area contributed by atoms with Crippen LogP contribution in [0.4, 0.5) is 26.3 Å². The van der Waals surface area contributed by atoms with Gasteiger partial charge in [-0.3, -0.25) is 0 Å². The van der Waals surface area contributed by atoms with Gasteiger partial charge in [0, 0.05) is 10.8 Å². The molecule has 7 aromatic rings. The van der Waals surface area contributed by atoms with Gasteiger partial charge in [-0.25, -0.2) is 0 Å². The van der Waals surface area contributed by atoms with E-state index < -0.39 is 54.6 Å². The van der Waals surface area contributed by atoms with E-state index in [0.717, 1.165) is 64.2 Å². The Morgan fingerprint density at radius 2 is 0.468 bits per heavy atom. The molecule has 7 aromatic carbocycles. The summed E-state index contributed by atoms with van der Waals surface area (Å²) in [5.41, 5.74) is 4.77. The predicted octanol–water partition coefficient (Wildman–Crippen LogP) is 25.7. The summed E-state index contributed by atoms with van der Waals surface area (Å²) >= 11 is 0. The minimum Gasteiger partial charge on any atom is -0.511 e. The van der Waals surface area contributed by atoms with Gasteiger partial charge in [0.15, 0.2) is 0 Å². The summed E-state index contributed by atoms with van der Waals surface area (Å²) in [5, 5.41) is 0. The van der Waals surface area contributed by atoms with Gasteiger partial charge in [-0.15, -0.1) is 0 Å². The maximum atomic E-state index is 13.7. The Morgan fingerprint density at radius 1 is 0.255 bits per heavy atom. The summed E-state index contributed by atoms with van der Waals surface area (Å²) in [6, 6.07) is 67.1. The number of benzene rings is 7. The van der Waals surface area contributed by atoms with Crippen molar-refractivity contribution in [1.29, 1.82) is 0 Å². The molecule has 0 aliphatic heterocycles. The molecule has 0 N–H and O–H groups in total. The van der Waals surface area contributed by atoms with E-state index in [1.165, 1.54) is 175 Å². The van der Waals surface area contributed by atoms with Crippen LogP contribution >= 0.6 is 18.1 Å². The van der Waals surface area contributed by atoms with Crippen molar-refractivity contribution in [3.05, 3.63) is 245 Å². The second-order valence-corrected chi connectivity index (χ2v) is 26.7. The molecule has 0 heterocycles. The van der Waals surface area contributed by atoms with Crippen molar-refractivity contribution >= 4 is 25.4 Å². The van der Waals surface area contributed by atoms with E-state index >= 15 is 0 Å². The van der Waals surface area contributed by atoms with Crippen LogP contribution in [0.15, 0.2) is 200 Å². The van der Waals surface area contributed by atoms with E-state index in [4.69, 9.17) is 22.6 Å². The summed E-state index contributed by atoms with van der Waals surface area (Å²) in [6.07, 6.45) is 27.6. The van der Waals surface area contributed by atoms with Gasteiger partial charge in [0.25, 0.3) is 0 Å². The first-order chi connectivity index (χ1) is 46.0. The van der Waals surface area contributed by atoms with Gasteiger partial charge in [0.1, 0.15) is 23.8 Å². The smallest absolute Gasteiger partial charge is 0.511 e. The van der Waals surface area contributed by atoms with Gasteiger partial charge in [-0.2, -0.15) is 26.3 Å². The zero-order valence-electron chi connectivity index (χ0n) is 55.5. The Labute approximate surface area is 563 Å². The van der Waals surface area contributed by atoms with Gasteiger partial charge in [-0.05, 0) is 77.3 Å². The maximum absolute atomic E-state index is 13.7. The quantitative estimate of drug-likeness (QED) is 0.0125. The molecule has 2 unspecified atom stereocenters. The monoisotopic (exact) mass is 1330 g/mol. The van der Waals surface area contributed by atoms with E-state index in [9.17, 15) is 26.3 Å². The summed E-state index contributed by atoms with van der Waals surface area (Å²) in [7, 11) is -2.88. The molecular weight excluding hydrogens is 1230 g/mol. The molecule has 94 heavy (non-hydrogen) atoms. The van der Waals surface area contributed by atoms with Crippen LogP contribution in [0.3, 0.4) is 0 Å². The number of unbranched alkanes of at least 4 members (excludes halogenated alkanes) is 28. The Balaban J connectivity index is 0.681. The van der Waals surface area contributed by atoms with Crippen LogP contribution in [0.5, 0.6) is 5.75 Å². The summed E-state index contributed by atoms with van der Waals surface area (Å²) in [5.74, 6) is -0.694. The molecule has 0 spiro atoms. The van der Waals surface area contributed by atoms with Crippen LogP contribution in [0.25, 0.3) is 0 Å². The highest BCUT2D eigenvalue weighted by Gasteiger charge is 2.40. The fourth-order valence-corrected chi connectivity index (χ4v) is 14.4. The molecule has 0 radical (unpaired) electrons. The van der Waals surface area contributed by atoms with Crippen LogP contribution in [0, 0.1) is 0 Å². The van der Waals surface area contributed by atoms with Crippen LogP contribution in [-0.2, 0) is 41.1 Å². The van der Waals surface area contributed by atoms with Crippen molar-refractivity contribution < 1.29 is 48.9 Å². The highest BCUT2D eigenvalue weighted by molar-refractivity contribution is 7.30. The maximum Gasteiger partial charge on any atom is 0.722 e. The summed E-state index contributed by atoms with van der Waals surface area (Å²) in [4.78, 5) is 0. The van der Waals surface area contributed by atoms with E-state index in [0.29, 0.717) is 25.3 Å². The van der Waals surface area contributed by atoms with Crippen LogP contribution in [-0.4, -0.2) is 20.5 Å². The zero-order chi connectivity index (χ0) is 66.1. The third-order valence-electron chi connectivity index (χ3n) is 18.4. The molecule has 508 valence electrons. The molecule has 14 heteroatoms.